The van der Waals surface area contributed by atoms with Crippen LogP contribution in [0.4, 0.5) is 4.79 Å². The van der Waals surface area contributed by atoms with Gasteiger partial charge in [-0.3, -0.25) is 0 Å². The van der Waals surface area contributed by atoms with Gasteiger partial charge in [-0.15, -0.1) is 0 Å². The maximum atomic E-state index is 12.2. The van der Waals surface area contributed by atoms with E-state index in [0.717, 1.165) is 42.4 Å². The third-order valence-corrected chi connectivity index (χ3v) is 4.23. The smallest absolute Gasteiger partial charge is 0.426 e. The Kier molecular flexibility index (Phi) is 6.86. The number of rotatable bonds is 7. The highest BCUT2D eigenvalue weighted by molar-refractivity contribution is 5.65. The average molecular weight is 326 g/mol. The van der Waals surface area contributed by atoms with Gasteiger partial charge in [0.1, 0.15) is 11.9 Å². The van der Waals surface area contributed by atoms with Gasteiger partial charge in [-0.05, 0) is 49.4 Å². The lowest BCUT2D eigenvalue weighted by Gasteiger charge is -2.18. The minimum atomic E-state index is -0.644. The first-order valence-corrected chi connectivity index (χ1v) is 8.61. The molecule has 128 valence electrons. The van der Waals surface area contributed by atoms with Gasteiger partial charge in [-0.1, -0.05) is 62.2 Å². The van der Waals surface area contributed by atoms with E-state index in [1.54, 1.807) is 6.07 Å². The van der Waals surface area contributed by atoms with Gasteiger partial charge < -0.3 is 9.47 Å². The van der Waals surface area contributed by atoms with Gasteiger partial charge in [0.05, 0.1) is 0 Å². The van der Waals surface area contributed by atoms with E-state index in [9.17, 15) is 4.79 Å². The summed E-state index contributed by atoms with van der Waals surface area (Å²) < 4.78 is 11.0. The Labute approximate surface area is 144 Å². The second-order valence-corrected chi connectivity index (χ2v) is 6.06. The molecule has 0 aromatic heterocycles. The van der Waals surface area contributed by atoms with E-state index in [-0.39, 0.29) is 6.10 Å². The van der Waals surface area contributed by atoms with Crippen molar-refractivity contribution in [3.8, 4) is 5.75 Å². The molecule has 24 heavy (non-hydrogen) atoms. The first-order chi connectivity index (χ1) is 11.6. The molecule has 2 rings (SSSR count). The van der Waals surface area contributed by atoms with Crippen molar-refractivity contribution in [2.75, 3.05) is 0 Å². The van der Waals surface area contributed by atoms with Crippen molar-refractivity contribution < 1.29 is 14.3 Å². The predicted octanol–water partition coefficient (Wildman–Crippen LogP) is 6.14. The summed E-state index contributed by atoms with van der Waals surface area (Å²) in [4.78, 5) is 12.2. The topological polar surface area (TPSA) is 35.5 Å². The molecule has 2 aromatic carbocycles. The quantitative estimate of drug-likeness (QED) is 0.348. The zero-order valence-corrected chi connectivity index (χ0v) is 14.7. The minimum absolute atomic E-state index is 0.268. The standard InChI is InChI=1S/C21H26O3/c1-4-5-7-14-20(18-12-8-6-9-13-18)24-21(22)23-19-15-10-11-16(2)17(19)3/h6,8-13,15,20H,4-5,7,14H2,1-3H3. The molecule has 0 aliphatic heterocycles. The molecule has 0 aliphatic carbocycles. The molecule has 0 saturated carbocycles. The highest BCUT2D eigenvalue weighted by Crippen LogP contribution is 2.26. The molecular weight excluding hydrogens is 300 g/mol. The molecule has 0 aliphatic rings. The summed E-state index contributed by atoms with van der Waals surface area (Å²) in [5.41, 5.74) is 3.05. The van der Waals surface area contributed by atoms with Crippen molar-refractivity contribution in [2.45, 2.75) is 52.6 Å². The van der Waals surface area contributed by atoms with Crippen LogP contribution in [0.3, 0.4) is 0 Å². The molecule has 1 unspecified atom stereocenters. The van der Waals surface area contributed by atoms with Crippen LogP contribution in [-0.4, -0.2) is 6.16 Å². The number of carbonyl (C=O) groups excluding carboxylic acids is 1. The van der Waals surface area contributed by atoms with E-state index in [0.29, 0.717) is 5.75 Å². The number of carbonyl (C=O) groups is 1. The van der Waals surface area contributed by atoms with E-state index in [4.69, 9.17) is 9.47 Å². The summed E-state index contributed by atoms with van der Waals surface area (Å²) in [7, 11) is 0. The van der Waals surface area contributed by atoms with Crippen molar-refractivity contribution in [1.82, 2.24) is 0 Å². The van der Waals surface area contributed by atoms with Crippen LogP contribution >= 0.6 is 0 Å². The fourth-order valence-corrected chi connectivity index (χ4v) is 2.61. The minimum Gasteiger partial charge on any atom is -0.426 e. The monoisotopic (exact) mass is 326 g/mol. The number of hydrogen-bond donors (Lipinski definition) is 0. The second kappa shape index (κ2) is 9.11. The number of benzene rings is 2. The lowest BCUT2D eigenvalue weighted by atomic mass is 10.0. The summed E-state index contributed by atoms with van der Waals surface area (Å²) in [6.45, 7) is 6.09. The molecule has 0 N–H and O–H groups in total. The molecule has 3 heteroatoms. The summed E-state index contributed by atoms with van der Waals surface area (Å²) in [6, 6.07) is 15.5. The number of aryl methyl sites for hydroxylation is 1. The van der Waals surface area contributed by atoms with Crippen LogP contribution in [0.2, 0.25) is 0 Å². The molecule has 2 aromatic rings. The van der Waals surface area contributed by atoms with E-state index in [1.807, 2.05) is 56.3 Å². The fraction of sp³-hybridized carbons (Fsp3) is 0.381. The van der Waals surface area contributed by atoms with E-state index in [1.165, 1.54) is 0 Å². The number of hydrogen-bond acceptors (Lipinski definition) is 3. The SMILES string of the molecule is CCCCCC(OC(=O)Oc1cccc(C)c1C)c1ccccc1. The maximum absolute atomic E-state index is 12.2. The largest absolute Gasteiger partial charge is 0.514 e. The van der Waals surface area contributed by atoms with Crippen molar-refractivity contribution in [3.05, 3.63) is 65.2 Å². The molecule has 0 fully saturated rings. The van der Waals surface area contributed by atoms with Gasteiger partial charge in [0, 0.05) is 0 Å². The fourth-order valence-electron chi connectivity index (χ4n) is 2.61. The Bertz CT molecular complexity index is 649. The first-order valence-electron chi connectivity index (χ1n) is 8.61. The Morgan fingerprint density at radius 1 is 1.00 bits per heavy atom. The highest BCUT2D eigenvalue weighted by atomic mass is 16.7. The molecule has 0 amide bonds. The lowest BCUT2D eigenvalue weighted by Crippen LogP contribution is -2.16. The molecule has 3 nitrogen and oxygen atoms in total. The highest BCUT2D eigenvalue weighted by Gasteiger charge is 2.18. The maximum Gasteiger partial charge on any atom is 0.514 e. The Morgan fingerprint density at radius 3 is 2.46 bits per heavy atom. The summed E-state index contributed by atoms with van der Waals surface area (Å²) >= 11 is 0. The van der Waals surface area contributed by atoms with Crippen LogP contribution in [-0.2, 0) is 4.74 Å². The van der Waals surface area contributed by atoms with Crippen LogP contribution in [0, 0.1) is 13.8 Å². The zero-order chi connectivity index (χ0) is 17.4. The number of ether oxygens (including phenoxy) is 2. The van der Waals surface area contributed by atoms with Gasteiger partial charge >= 0.3 is 6.16 Å². The lowest BCUT2D eigenvalue weighted by molar-refractivity contribution is 0.0526. The van der Waals surface area contributed by atoms with E-state index in [2.05, 4.69) is 6.92 Å². The van der Waals surface area contributed by atoms with Crippen molar-refractivity contribution in [3.63, 3.8) is 0 Å². The predicted molar refractivity (Wildman–Crippen MR) is 96.4 cm³/mol. The van der Waals surface area contributed by atoms with Crippen LogP contribution in [0.25, 0.3) is 0 Å². The molecule has 0 spiro atoms. The molecule has 1 atom stereocenters. The van der Waals surface area contributed by atoms with Crippen molar-refractivity contribution >= 4 is 6.16 Å². The molecule has 0 saturated heterocycles. The van der Waals surface area contributed by atoms with Crippen LogP contribution in [0.15, 0.2) is 48.5 Å². The van der Waals surface area contributed by atoms with Gasteiger partial charge in [-0.2, -0.15) is 0 Å². The van der Waals surface area contributed by atoms with Gasteiger partial charge in [0.25, 0.3) is 0 Å². The van der Waals surface area contributed by atoms with Crippen molar-refractivity contribution in [1.29, 1.82) is 0 Å². The summed E-state index contributed by atoms with van der Waals surface area (Å²) in [6.07, 6.45) is 3.17. The normalized spacial score (nSPS) is 11.8. The van der Waals surface area contributed by atoms with Gasteiger partial charge in [-0.25, -0.2) is 4.79 Å². The summed E-state index contributed by atoms with van der Waals surface area (Å²) in [5.74, 6) is 0.556. The number of unbranched alkanes of at least 4 members (excludes halogenated alkanes) is 2. The molecule has 0 heterocycles. The molecule has 0 bridgehead atoms. The van der Waals surface area contributed by atoms with Crippen molar-refractivity contribution in [2.24, 2.45) is 0 Å². The second-order valence-electron chi connectivity index (χ2n) is 6.06. The zero-order valence-electron chi connectivity index (χ0n) is 14.7. The van der Waals surface area contributed by atoms with E-state index < -0.39 is 6.16 Å². The Hall–Kier alpha value is -2.29. The van der Waals surface area contributed by atoms with Crippen LogP contribution < -0.4 is 4.74 Å². The molecular formula is C21H26O3. The third kappa shape index (κ3) is 5.12. The van der Waals surface area contributed by atoms with Crippen LogP contribution in [0.5, 0.6) is 5.75 Å². The average Bonchev–Trinajstić information content (AvgIpc) is 2.59. The summed E-state index contributed by atoms with van der Waals surface area (Å²) in [5, 5.41) is 0. The van der Waals surface area contributed by atoms with Gasteiger partial charge in [0.15, 0.2) is 0 Å². The third-order valence-electron chi connectivity index (χ3n) is 4.23. The molecule has 0 radical (unpaired) electrons. The van der Waals surface area contributed by atoms with Crippen LogP contribution in [0.1, 0.15) is 55.4 Å². The Morgan fingerprint density at radius 2 is 1.75 bits per heavy atom. The van der Waals surface area contributed by atoms with E-state index >= 15 is 0 Å². The first kappa shape index (κ1) is 18.1. The Balaban J connectivity index is 2.05. The van der Waals surface area contributed by atoms with Gasteiger partial charge in [0.2, 0.25) is 0 Å².